The molecule has 0 unspecified atom stereocenters. The van der Waals surface area contributed by atoms with Crippen LogP contribution >= 0.6 is 22.7 Å². The fourth-order valence-corrected chi connectivity index (χ4v) is 3.73. The monoisotopic (exact) mass is 273 g/mol. The van der Waals surface area contributed by atoms with Crippen molar-refractivity contribution in [3.8, 4) is 0 Å². The van der Waals surface area contributed by atoms with E-state index in [1.54, 1.807) is 0 Å². The molecule has 0 fully saturated rings. The number of fused-ring (bicyclic) bond motifs is 1. The molecule has 3 rings (SSSR count). The zero-order valence-corrected chi connectivity index (χ0v) is 11.7. The molecule has 1 aromatic carbocycles. The standard InChI is InChI=1S/C15H15NS2/c1-2-6-15-14(5-1)12(11-18-15)10-16-8-7-13-4-3-9-17-13/h1-6,9,11,16H,7-8,10H2. The first kappa shape index (κ1) is 11.9. The topological polar surface area (TPSA) is 12.0 Å². The predicted molar refractivity (Wildman–Crippen MR) is 81.6 cm³/mol. The Morgan fingerprint density at radius 2 is 1.94 bits per heavy atom. The summed E-state index contributed by atoms with van der Waals surface area (Å²) in [5.41, 5.74) is 1.42. The van der Waals surface area contributed by atoms with Gasteiger partial charge in [0.2, 0.25) is 0 Å². The number of rotatable bonds is 5. The predicted octanol–water partition coefficient (Wildman–Crippen LogP) is 4.30. The van der Waals surface area contributed by atoms with Crippen LogP contribution < -0.4 is 5.32 Å². The molecule has 0 spiro atoms. The highest BCUT2D eigenvalue weighted by Gasteiger charge is 2.02. The maximum Gasteiger partial charge on any atom is 0.0346 e. The molecule has 0 aliphatic rings. The van der Waals surface area contributed by atoms with E-state index in [9.17, 15) is 0 Å². The maximum absolute atomic E-state index is 3.53. The molecule has 92 valence electrons. The number of thiophene rings is 2. The van der Waals surface area contributed by atoms with Gasteiger partial charge in [0.1, 0.15) is 0 Å². The van der Waals surface area contributed by atoms with Crippen LogP contribution in [0.15, 0.2) is 47.2 Å². The van der Waals surface area contributed by atoms with E-state index in [1.807, 2.05) is 22.7 Å². The summed E-state index contributed by atoms with van der Waals surface area (Å²) >= 11 is 3.67. The van der Waals surface area contributed by atoms with E-state index in [-0.39, 0.29) is 0 Å². The SMILES string of the molecule is c1csc(CCNCc2csc3ccccc23)c1. The summed E-state index contributed by atoms with van der Waals surface area (Å²) in [6.45, 7) is 2.01. The maximum atomic E-state index is 3.53. The highest BCUT2D eigenvalue weighted by molar-refractivity contribution is 7.17. The van der Waals surface area contributed by atoms with Crippen LogP contribution in [0.2, 0.25) is 0 Å². The Balaban J connectivity index is 1.57. The molecular weight excluding hydrogens is 258 g/mol. The van der Waals surface area contributed by atoms with Crippen LogP contribution in [-0.2, 0) is 13.0 Å². The van der Waals surface area contributed by atoms with Gasteiger partial charge in [0, 0.05) is 22.7 Å². The number of nitrogens with one attached hydrogen (secondary N) is 1. The first-order chi connectivity index (χ1) is 8.93. The van der Waals surface area contributed by atoms with E-state index in [4.69, 9.17) is 0 Å². The van der Waals surface area contributed by atoms with E-state index in [0.29, 0.717) is 0 Å². The molecule has 0 aliphatic carbocycles. The minimum Gasteiger partial charge on any atom is -0.312 e. The molecular formula is C15H15NS2. The Labute approximate surface area is 115 Å². The summed E-state index contributed by atoms with van der Waals surface area (Å²) in [6.07, 6.45) is 1.12. The van der Waals surface area contributed by atoms with Crippen LogP contribution in [0, 0.1) is 0 Å². The lowest BCUT2D eigenvalue weighted by atomic mass is 10.2. The molecule has 3 aromatic rings. The first-order valence-electron chi connectivity index (χ1n) is 6.12. The van der Waals surface area contributed by atoms with E-state index in [0.717, 1.165) is 19.5 Å². The Bertz CT molecular complexity index is 610. The molecule has 0 amide bonds. The van der Waals surface area contributed by atoms with Crippen molar-refractivity contribution in [2.24, 2.45) is 0 Å². The minimum atomic E-state index is 0.968. The third-order valence-electron chi connectivity index (χ3n) is 3.00. The van der Waals surface area contributed by atoms with Gasteiger partial charge in [-0.05, 0) is 40.3 Å². The second-order valence-electron chi connectivity index (χ2n) is 4.26. The summed E-state index contributed by atoms with van der Waals surface area (Å²) in [4.78, 5) is 1.46. The normalized spacial score (nSPS) is 11.1. The Morgan fingerprint density at radius 3 is 2.83 bits per heavy atom. The first-order valence-corrected chi connectivity index (χ1v) is 7.87. The van der Waals surface area contributed by atoms with Gasteiger partial charge in [-0.2, -0.15) is 0 Å². The third kappa shape index (κ3) is 2.64. The summed E-state index contributed by atoms with van der Waals surface area (Å²) in [7, 11) is 0. The molecule has 0 aliphatic heterocycles. The molecule has 2 aromatic heterocycles. The van der Waals surface area contributed by atoms with Crippen LogP contribution in [0.1, 0.15) is 10.4 Å². The van der Waals surface area contributed by atoms with Gasteiger partial charge in [0.05, 0.1) is 0 Å². The molecule has 1 nitrogen and oxygen atoms in total. The lowest BCUT2D eigenvalue weighted by Crippen LogP contribution is -2.15. The van der Waals surface area contributed by atoms with Gasteiger partial charge in [-0.1, -0.05) is 24.3 Å². The van der Waals surface area contributed by atoms with Crippen LogP contribution in [0.5, 0.6) is 0 Å². The second kappa shape index (κ2) is 5.65. The largest absolute Gasteiger partial charge is 0.312 e. The van der Waals surface area contributed by atoms with Crippen molar-refractivity contribution in [1.82, 2.24) is 5.32 Å². The fraction of sp³-hybridized carbons (Fsp3) is 0.200. The summed E-state index contributed by atoms with van der Waals surface area (Å²) in [5, 5.41) is 9.33. The Morgan fingerprint density at radius 1 is 1.00 bits per heavy atom. The van der Waals surface area contributed by atoms with Crippen molar-refractivity contribution in [1.29, 1.82) is 0 Å². The number of benzene rings is 1. The van der Waals surface area contributed by atoms with E-state index in [2.05, 4.69) is 52.5 Å². The van der Waals surface area contributed by atoms with Crippen molar-refractivity contribution in [2.45, 2.75) is 13.0 Å². The average molecular weight is 273 g/mol. The second-order valence-corrected chi connectivity index (χ2v) is 6.21. The summed E-state index contributed by atoms with van der Waals surface area (Å²) in [6, 6.07) is 12.9. The minimum absolute atomic E-state index is 0.968. The van der Waals surface area contributed by atoms with Crippen LogP contribution in [0.4, 0.5) is 0 Å². The molecule has 3 heteroatoms. The van der Waals surface area contributed by atoms with Crippen LogP contribution in [0.25, 0.3) is 10.1 Å². The quantitative estimate of drug-likeness (QED) is 0.684. The van der Waals surface area contributed by atoms with Crippen molar-refractivity contribution >= 4 is 32.8 Å². The molecule has 0 radical (unpaired) electrons. The van der Waals surface area contributed by atoms with Gasteiger partial charge in [-0.25, -0.2) is 0 Å². The zero-order valence-electron chi connectivity index (χ0n) is 10.1. The molecule has 0 saturated carbocycles. The molecule has 0 saturated heterocycles. The summed E-state index contributed by atoms with van der Waals surface area (Å²) in [5.74, 6) is 0. The van der Waals surface area contributed by atoms with E-state index >= 15 is 0 Å². The van der Waals surface area contributed by atoms with Gasteiger partial charge in [-0.15, -0.1) is 22.7 Å². The van der Waals surface area contributed by atoms with Gasteiger partial charge >= 0.3 is 0 Å². The third-order valence-corrected chi connectivity index (χ3v) is 4.95. The van der Waals surface area contributed by atoms with Gasteiger partial charge in [-0.3, -0.25) is 0 Å². The molecule has 1 N–H and O–H groups in total. The van der Waals surface area contributed by atoms with E-state index < -0.39 is 0 Å². The van der Waals surface area contributed by atoms with Gasteiger partial charge in [0.25, 0.3) is 0 Å². The average Bonchev–Trinajstić information content (AvgIpc) is 3.04. The smallest absolute Gasteiger partial charge is 0.0346 e. The fourth-order valence-electron chi connectivity index (χ4n) is 2.06. The van der Waals surface area contributed by atoms with Crippen molar-refractivity contribution < 1.29 is 0 Å². The van der Waals surface area contributed by atoms with Crippen molar-refractivity contribution in [3.63, 3.8) is 0 Å². The molecule has 18 heavy (non-hydrogen) atoms. The van der Waals surface area contributed by atoms with Gasteiger partial charge in [0.15, 0.2) is 0 Å². The van der Waals surface area contributed by atoms with E-state index in [1.165, 1.54) is 20.5 Å². The lowest BCUT2D eigenvalue weighted by Gasteiger charge is -2.02. The summed E-state index contributed by atoms with van der Waals surface area (Å²) < 4.78 is 1.38. The van der Waals surface area contributed by atoms with Crippen molar-refractivity contribution in [2.75, 3.05) is 6.54 Å². The number of hydrogen-bond donors (Lipinski definition) is 1. The van der Waals surface area contributed by atoms with Gasteiger partial charge < -0.3 is 5.32 Å². The van der Waals surface area contributed by atoms with Crippen LogP contribution in [-0.4, -0.2) is 6.54 Å². The molecule has 0 atom stereocenters. The molecule has 0 bridgehead atoms. The Kier molecular flexibility index (Phi) is 3.74. The van der Waals surface area contributed by atoms with Crippen molar-refractivity contribution in [3.05, 3.63) is 57.6 Å². The van der Waals surface area contributed by atoms with Crippen LogP contribution in [0.3, 0.4) is 0 Å². The highest BCUT2D eigenvalue weighted by atomic mass is 32.1. The number of hydrogen-bond acceptors (Lipinski definition) is 3. The Hall–Kier alpha value is -1.16. The molecule has 2 heterocycles. The highest BCUT2D eigenvalue weighted by Crippen LogP contribution is 2.25. The lowest BCUT2D eigenvalue weighted by molar-refractivity contribution is 0.694. The zero-order chi connectivity index (χ0) is 12.2.